The Hall–Kier alpha value is -2.57. The minimum absolute atomic E-state index is 0. The number of halogens is 2. The van der Waals surface area contributed by atoms with Crippen LogP contribution in [0.4, 0.5) is 9.18 Å². The predicted molar refractivity (Wildman–Crippen MR) is 118 cm³/mol. The number of amides is 2. The summed E-state index contributed by atoms with van der Waals surface area (Å²) in [6.45, 7) is 4.59. The second kappa shape index (κ2) is 10.6. The van der Waals surface area contributed by atoms with Gasteiger partial charge in [-0.3, -0.25) is 9.59 Å². The molecule has 0 bridgehead atoms. The highest BCUT2D eigenvalue weighted by Crippen LogP contribution is 2.51. The van der Waals surface area contributed by atoms with Gasteiger partial charge in [-0.25, -0.2) is 14.0 Å². The summed E-state index contributed by atoms with van der Waals surface area (Å²) in [6.07, 6.45) is -0.976. The van der Waals surface area contributed by atoms with Gasteiger partial charge in [-0.2, -0.15) is 0 Å². The molecule has 4 atom stereocenters. The smallest absolute Gasteiger partial charge is 0.435 e. The Morgan fingerprint density at radius 2 is 1.97 bits per heavy atom. The van der Waals surface area contributed by atoms with E-state index in [0.29, 0.717) is 0 Å². The number of nitrogens with zero attached hydrogens (tertiary/aromatic N) is 1. The van der Waals surface area contributed by atoms with Crippen LogP contribution in [0.15, 0.2) is 24.3 Å². The van der Waals surface area contributed by atoms with Gasteiger partial charge in [0.05, 0.1) is 6.61 Å². The summed E-state index contributed by atoms with van der Waals surface area (Å²) in [5.41, 5.74) is 6.18. The Bertz CT molecular complexity index is 935. The van der Waals surface area contributed by atoms with Crippen LogP contribution in [0, 0.1) is 5.82 Å². The van der Waals surface area contributed by atoms with E-state index in [0.717, 1.165) is 6.07 Å². The first-order valence-electron chi connectivity index (χ1n) is 9.84. The van der Waals surface area contributed by atoms with E-state index in [-0.39, 0.29) is 24.6 Å². The lowest BCUT2D eigenvalue weighted by atomic mass is 9.95. The lowest BCUT2D eigenvalue weighted by molar-refractivity contribution is -0.170. The number of β-lactam (4-membered cyclic amide) rings is 1. The number of ether oxygens (including phenoxy) is 3. The first kappa shape index (κ1) is 26.7. The van der Waals surface area contributed by atoms with Gasteiger partial charge in [0.2, 0.25) is 18.6 Å². The minimum atomic E-state index is -1.16. The molecule has 1 unspecified atom stereocenters. The normalized spacial score (nSPS) is 23.4. The molecule has 2 saturated heterocycles. The van der Waals surface area contributed by atoms with Gasteiger partial charge in [-0.1, -0.05) is 12.1 Å². The molecule has 2 heterocycles. The van der Waals surface area contributed by atoms with E-state index in [1.54, 1.807) is 20.8 Å². The standard InChI is InChI=1S/C20H24FN3O7S.ClH/c1-4-29-19(28)31-9-30-18(27)14-20(2,3)32-17-13(16(26)24(14)17)23-15(25)12(22)10-6-5-7-11(21)8-10;/h5-8,12-14,17H,4,9,22H2,1-3H3,(H,23,25);1H/t12?,13-,14+,17-;/m1./s1. The molecule has 3 N–H and O–H groups in total. The number of rotatable bonds is 7. The number of esters is 1. The van der Waals surface area contributed by atoms with E-state index in [4.69, 9.17) is 10.5 Å². The quantitative estimate of drug-likeness (QED) is 0.320. The van der Waals surface area contributed by atoms with Crippen molar-refractivity contribution in [3.63, 3.8) is 0 Å². The van der Waals surface area contributed by atoms with E-state index in [9.17, 15) is 23.6 Å². The molecular weight excluding hydrogens is 481 g/mol. The molecular formula is C20H25ClFN3O7S. The molecule has 2 aliphatic heterocycles. The van der Waals surface area contributed by atoms with Gasteiger partial charge in [0.1, 0.15) is 29.3 Å². The number of hydrogen-bond acceptors (Lipinski definition) is 9. The van der Waals surface area contributed by atoms with Gasteiger partial charge in [-0.05, 0) is 38.5 Å². The number of thioether (sulfide) groups is 1. The van der Waals surface area contributed by atoms with Crippen molar-refractivity contribution >= 4 is 48.1 Å². The molecule has 2 fully saturated rings. The summed E-state index contributed by atoms with van der Waals surface area (Å²) >= 11 is 1.32. The number of hydrogen-bond donors (Lipinski definition) is 2. The summed E-state index contributed by atoms with van der Waals surface area (Å²) in [6, 6.07) is 2.34. The van der Waals surface area contributed by atoms with Gasteiger partial charge in [0, 0.05) is 4.75 Å². The zero-order chi connectivity index (χ0) is 23.6. The van der Waals surface area contributed by atoms with E-state index < -0.39 is 64.8 Å². The van der Waals surface area contributed by atoms with Crippen molar-refractivity contribution < 1.29 is 37.8 Å². The molecule has 0 saturated carbocycles. The molecule has 13 heteroatoms. The van der Waals surface area contributed by atoms with Gasteiger partial charge in [-0.15, -0.1) is 24.2 Å². The molecule has 1 aromatic carbocycles. The zero-order valence-corrected chi connectivity index (χ0v) is 19.7. The summed E-state index contributed by atoms with van der Waals surface area (Å²) in [4.78, 5) is 50.4. The number of fused-ring (bicyclic) bond motifs is 1. The van der Waals surface area contributed by atoms with Crippen LogP contribution in [0.3, 0.4) is 0 Å². The third-order valence-corrected chi connectivity index (χ3v) is 6.66. The van der Waals surface area contributed by atoms with E-state index in [2.05, 4.69) is 14.8 Å². The SMILES string of the molecule is CCOC(=O)OCOC(=O)[C@@H]1N2C(=O)[C@@H](NC(=O)C(N)c3cccc(F)c3)[C@H]2SC1(C)C.Cl. The molecule has 0 spiro atoms. The van der Waals surface area contributed by atoms with Gasteiger partial charge >= 0.3 is 12.1 Å². The van der Waals surface area contributed by atoms with Crippen LogP contribution in [0.2, 0.25) is 0 Å². The molecule has 10 nitrogen and oxygen atoms in total. The molecule has 0 aromatic heterocycles. The Morgan fingerprint density at radius 1 is 1.27 bits per heavy atom. The van der Waals surface area contributed by atoms with Crippen molar-refractivity contribution in [3.8, 4) is 0 Å². The maximum Gasteiger partial charge on any atom is 0.511 e. The van der Waals surface area contributed by atoms with Crippen LogP contribution < -0.4 is 11.1 Å². The third-order valence-electron chi connectivity index (χ3n) is 5.09. The largest absolute Gasteiger partial charge is 0.511 e. The molecule has 1 aromatic rings. The molecule has 2 amide bonds. The van der Waals surface area contributed by atoms with Crippen LogP contribution in [-0.4, -0.2) is 64.4 Å². The van der Waals surface area contributed by atoms with Crippen LogP contribution in [0.5, 0.6) is 0 Å². The third kappa shape index (κ3) is 5.50. The first-order chi connectivity index (χ1) is 15.1. The molecule has 2 aliphatic rings. The Balaban J connectivity index is 0.00000385. The maximum absolute atomic E-state index is 13.4. The van der Waals surface area contributed by atoms with Crippen molar-refractivity contribution in [1.29, 1.82) is 0 Å². The maximum atomic E-state index is 13.4. The van der Waals surface area contributed by atoms with Gasteiger partial charge in [0.25, 0.3) is 0 Å². The van der Waals surface area contributed by atoms with Crippen LogP contribution in [-0.2, 0) is 28.6 Å². The van der Waals surface area contributed by atoms with E-state index >= 15 is 0 Å². The van der Waals surface area contributed by atoms with Gasteiger partial charge < -0.3 is 30.2 Å². The highest BCUT2D eigenvalue weighted by atomic mass is 35.5. The zero-order valence-electron chi connectivity index (χ0n) is 18.1. The van der Waals surface area contributed by atoms with Crippen molar-refractivity contribution in [2.75, 3.05) is 13.4 Å². The number of benzene rings is 1. The average molecular weight is 506 g/mol. The summed E-state index contributed by atoms with van der Waals surface area (Å²) in [5, 5.41) is 2.08. The summed E-state index contributed by atoms with van der Waals surface area (Å²) in [5.74, 6) is -2.39. The lowest BCUT2D eigenvalue weighted by Gasteiger charge is -2.44. The minimum Gasteiger partial charge on any atom is -0.435 e. The monoisotopic (exact) mass is 505 g/mol. The number of carbonyl (C=O) groups is 4. The molecule has 3 rings (SSSR count). The fourth-order valence-corrected chi connectivity index (χ4v) is 5.22. The highest BCUT2D eigenvalue weighted by molar-refractivity contribution is 8.01. The predicted octanol–water partition coefficient (Wildman–Crippen LogP) is 1.47. The van der Waals surface area contributed by atoms with Crippen molar-refractivity contribution in [2.45, 2.75) is 49.0 Å². The molecule has 0 radical (unpaired) electrons. The van der Waals surface area contributed by atoms with Crippen LogP contribution >= 0.6 is 24.2 Å². The Kier molecular flexibility index (Phi) is 8.55. The molecule has 33 heavy (non-hydrogen) atoms. The van der Waals surface area contributed by atoms with Crippen LogP contribution in [0.25, 0.3) is 0 Å². The lowest BCUT2D eigenvalue weighted by Crippen LogP contribution is -2.71. The second-order valence-electron chi connectivity index (χ2n) is 7.69. The fourth-order valence-electron chi connectivity index (χ4n) is 3.60. The van der Waals surface area contributed by atoms with Gasteiger partial charge in [0.15, 0.2) is 0 Å². The Morgan fingerprint density at radius 3 is 2.61 bits per heavy atom. The van der Waals surface area contributed by atoms with Crippen molar-refractivity contribution in [3.05, 3.63) is 35.6 Å². The molecule has 182 valence electrons. The average Bonchev–Trinajstić information content (AvgIpc) is 2.99. The number of nitrogens with one attached hydrogen (secondary N) is 1. The number of carbonyl (C=O) groups excluding carboxylic acids is 4. The fraction of sp³-hybridized carbons (Fsp3) is 0.500. The molecule has 0 aliphatic carbocycles. The number of nitrogens with two attached hydrogens (primary N) is 1. The van der Waals surface area contributed by atoms with Crippen molar-refractivity contribution in [2.24, 2.45) is 5.73 Å². The highest BCUT2D eigenvalue weighted by Gasteiger charge is 2.64. The van der Waals surface area contributed by atoms with Crippen LogP contribution in [0.1, 0.15) is 32.4 Å². The summed E-state index contributed by atoms with van der Waals surface area (Å²) in [7, 11) is 0. The second-order valence-corrected chi connectivity index (χ2v) is 9.46. The Labute approximate surface area is 200 Å². The van der Waals surface area contributed by atoms with Crippen molar-refractivity contribution in [1.82, 2.24) is 10.2 Å². The van der Waals surface area contributed by atoms with E-state index in [1.807, 2.05) is 0 Å². The summed E-state index contributed by atoms with van der Waals surface area (Å²) < 4.78 is 26.9. The first-order valence-corrected chi connectivity index (χ1v) is 10.7. The topological polar surface area (TPSA) is 137 Å². The van der Waals surface area contributed by atoms with E-state index in [1.165, 1.54) is 34.9 Å².